The molecule has 1 unspecified atom stereocenters. The smallest absolute Gasteiger partial charge is 0.417 e. The maximum atomic E-state index is 15.5. The number of amides is 4. The van der Waals surface area contributed by atoms with Gasteiger partial charge in [0.1, 0.15) is 17.8 Å². The molecule has 3 aliphatic rings. The molecule has 14 nitrogen and oxygen atoms in total. The molecule has 320 valence electrons. The summed E-state index contributed by atoms with van der Waals surface area (Å²) >= 11 is 5.56. The van der Waals surface area contributed by atoms with Crippen LogP contribution in [-0.4, -0.2) is 95.1 Å². The highest BCUT2D eigenvalue weighted by molar-refractivity contribution is 7.81. The van der Waals surface area contributed by atoms with Crippen LogP contribution in [0.5, 0.6) is 5.75 Å². The van der Waals surface area contributed by atoms with Crippen molar-refractivity contribution in [2.24, 2.45) is 0 Å². The third kappa shape index (κ3) is 7.92. The topological polar surface area (TPSA) is 164 Å². The van der Waals surface area contributed by atoms with Gasteiger partial charge in [-0.15, -0.1) is 0 Å². The second-order valence-corrected chi connectivity index (χ2v) is 16.1. The van der Waals surface area contributed by atoms with Gasteiger partial charge in [0.15, 0.2) is 22.3 Å². The molecule has 1 atom stereocenters. The van der Waals surface area contributed by atoms with Gasteiger partial charge < -0.3 is 19.5 Å². The lowest BCUT2D eigenvalue weighted by Gasteiger charge is -2.34. The number of carbonyl (C=O) groups excluding carboxylic acids is 4. The minimum Gasteiger partial charge on any atom is -0.489 e. The van der Waals surface area contributed by atoms with Gasteiger partial charge in [0.25, 0.3) is 5.91 Å². The number of nitriles is 1. The summed E-state index contributed by atoms with van der Waals surface area (Å²) in [5.74, 6) is -2.99. The van der Waals surface area contributed by atoms with Crippen LogP contribution in [-0.2, 0) is 25.4 Å². The Hall–Kier alpha value is -6.49. The molecule has 4 amide bonds. The maximum absolute atomic E-state index is 15.5. The Balaban J connectivity index is 0.843. The summed E-state index contributed by atoms with van der Waals surface area (Å²) in [4.78, 5) is 57.7. The third-order valence-corrected chi connectivity index (χ3v) is 11.8. The van der Waals surface area contributed by atoms with Gasteiger partial charge in [-0.1, -0.05) is 17.3 Å². The van der Waals surface area contributed by atoms with E-state index in [1.54, 1.807) is 18.2 Å². The molecule has 2 N–H and O–H groups in total. The van der Waals surface area contributed by atoms with Crippen molar-refractivity contribution < 1.29 is 46.0 Å². The van der Waals surface area contributed by atoms with Crippen molar-refractivity contribution in [1.82, 2.24) is 20.3 Å². The Bertz CT molecular complexity index is 2710. The third-order valence-electron chi connectivity index (χ3n) is 11.4. The number of halogens is 4. The van der Waals surface area contributed by atoms with Gasteiger partial charge in [-0.25, -0.2) is 4.39 Å². The van der Waals surface area contributed by atoms with E-state index >= 15 is 4.39 Å². The largest absolute Gasteiger partial charge is 0.489 e. The van der Waals surface area contributed by atoms with Crippen molar-refractivity contribution in [2.45, 2.75) is 44.3 Å². The van der Waals surface area contributed by atoms with Crippen LogP contribution in [0.3, 0.4) is 0 Å². The Kier molecular flexibility index (Phi) is 11.2. The normalized spacial score (nSPS) is 18.7. The fraction of sp³-hybridized carbons (Fsp3) is 0.326. The summed E-state index contributed by atoms with van der Waals surface area (Å²) in [5, 5.41) is 20.8. The van der Waals surface area contributed by atoms with Gasteiger partial charge in [-0.2, -0.15) is 18.4 Å². The molecule has 0 bridgehead atoms. The maximum Gasteiger partial charge on any atom is 0.417 e. The minimum absolute atomic E-state index is 0.0394. The van der Waals surface area contributed by atoms with Crippen LogP contribution in [0.4, 0.5) is 34.6 Å². The number of imide groups is 1. The highest BCUT2D eigenvalue weighted by atomic mass is 32.1. The summed E-state index contributed by atoms with van der Waals surface area (Å²) in [7, 11) is 0. The van der Waals surface area contributed by atoms with Crippen LogP contribution in [0.25, 0.3) is 21.7 Å². The average Bonchev–Trinajstić information content (AvgIpc) is 3.73. The first-order chi connectivity index (χ1) is 29.5. The number of ether oxygens (including phenoxy) is 1. The van der Waals surface area contributed by atoms with Crippen LogP contribution in [0.2, 0.25) is 0 Å². The number of piperidine rings is 1. The number of hydrogen-bond donors (Lipinski definition) is 2. The molecule has 62 heavy (non-hydrogen) atoms. The summed E-state index contributed by atoms with van der Waals surface area (Å²) in [6.45, 7) is 6.30. The second kappa shape index (κ2) is 16.4. The summed E-state index contributed by atoms with van der Waals surface area (Å²) in [6.07, 6.45) is -4.33. The van der Waals surface area contributed by atoms with Crippen LogP contribution in [0.15, 0.2) is 71.3 Å². The predicted octanol–water partition coefficient (Wildman–Crippen LogP) is 6.08. The van der Waals surface area contributed by atoms with Gasteiger partial charge in [0, 0.05) is 62.0 Å². The second-order valence-electron chi connectivity index (χ2n) is 15.7. The zero-order valence-electron chi connectivity index (χ0n) is 33.3. The first-order valence-electron chi connectivity index (χ1n) is 19.7. The Morgan fingerprint density at radius 1 is 1.02 bits per heavy atom. The average molecular weight is 871 g/mol. The van der Waals surface area contributed by atoms with E-state index in [1.807, 2.05) is 17.0 Å². The van der Waals surface area contributed by atoms with Crippen molar-refractivity contribution in [3.63, 3.8) is 0 Å². The van der Waals surface area contributed by atoms with E-state index in [9.17, 15) is 37.6 Å². The number of anilines is 3. The zero-order valence-corrected chi connectivity index (χ0v) is 34.2. The Labute approximate surface area is 356 Å². The Morgan fingerprint density at radius 2 is 1.76 bits per heavy atom. The number of piperazine rings is 1. The standard InChI is InChI=1S/C43H38F4N8O6S/c1-42(2)40(59)54(25-7-6-24(22-48)30(20-25)43(45,46)47)41(62)55(42)26-8-11-33(31(44)21-26)60-19-18-52-14-16-53(17-15-52)23-36(57)49-32-5-3-4-28-27(32)9-12-34-37(28)38(51-61-34)29-10-13-35(56)50-39(29)58/h3-9,11-12,20-21,29H,10,13-19,23H2,1-2H3,(H,49,57)(H,50,56,58). The number of nitrogens with one attached hydrogen (secondary N) is 2. The molecule has 8 rings (SSSR count). The zero-order chi connectivity index (χ0) is 44.1. The fourth-order valence-corrected chi connectivity index (χ4v) is 8.70. The molecule has 5 aromatic rings. The minimum atomic E-state index is -4.85. The number of alkyl halides is 3. The summed E-state index contributed by atoms with van der Waals surface area (Å²) in [5.41, 5.74) is -1.66. The van der Waals surface area contributed by atoms with Crippen molar-refractivity contribution in [2.75, 3.05) is 61.0 Å². The molecular formula is C43H38F4N8O6S. The van der Waals surface area contributed by atoms with Crippen molar-refractivity contribution in [3.8, 4) is 11.8 Å². The molecule has 0 spiro atoms. The number of benzene rings is 4. The lowest BCUT2D eigenvalue weighted by Crippen LogP contribution is -2.49. The molecule has 4 aromatic carbocycles. The first-order valence-corrected chi connectivity index (χ1v) is 20.1. The highest BCUT2D eigenvalue weighted by Crippen LogP contribution is 2.41. The number of rotatable bonds is 10. The van der Waals surface area contributed by atoms with Crippen molar-refractivity contribution in [1.29, 1.82) is 5.26 Å². The van der Waals surface area contributed by atoms with E-state index in [-0.39, 0.29) is 53.6 Å². The summed E-state index contributed by atoms with van der Waals surface area (Å²) in [6, 6.07) is 17.5. The molecule has 19 heteroatoms. The van der Waals surface area contributed by atoms with Gasteiger partial charge in [0.2, 0.25) is 17.7 Å². The number of hydrogen-bond acceptors (Lipinski definition) is 11. The molecule has 3 fully saturated rings. The molecule has 3 saturated heterocycles. The SMILES string of the molecule is CC1(C)C(=O)N(c2ccc(C#N)c(C(F)(F)F)c2)C(=S)N1c1ccc(OCCN2CCN(CC(=O)Nc3cccc4c3ccc3onc(C5CCC(=O)NC5=O)c34)CC2)c(F)c1. The summed E-state index contributed by atoms with van der Waals surface area (Å²) < 4.78 is 68.0. The molecule has 1 aromatic heterocycles. The number of nitrogens with zero attached hydrogens (tertiary/aromatic N) is 6. The van der Waals surface area contributed by atoms with E-state index in [4.69, 9.17) is 21.5 Å². The molecule has 3 aliphatic heterocycles. The van der Waals surface area contributed by atoms with Crippen LogP contribution in [0.1, 0.15) is 49.4 Å². The fourth-order valence-electron chi connectivity index (χ4n) is 8.18. The number of fused-ring (bicyclic) bond motifs is 3. The Morgan fingerprint density at radius 3 is 2.47 bits per heavy atom. The van der Waals surface area contributed by atoms with Gasteiger partial charge in [-0.3, -0.25) is 39.2 Å². The number of carbonyl (C=O) groups is 4. The van der Waals surface area contributed by atoms with Gasteiger partial charge in [-0.05, 0) is 86.4 Å². The molecule has 4 heterocycles. The quantitative estimate of drug-likeness (QED) is 0.0946. The molecule has 0 aliphatic carbocycles. The van der Waals surface area contributed by atoms with Crippen molar-refractivity contribution in [3.05, 3.63) is 89.4 Å². The highest BCUT2D eigenvalue weighted by Gasteiger charge is 2.51. The van der Waals surface area contributed by atoms with E-state index in [2.05, 4.69) is 20.7 Å². The first kappa shape index (κ1) is 42.2. The lowest BCUT2D eigenvalue weighted by molar-refractivity contribution is -0.138. The van der Waals surface area contributed by atoms with Crippen LogP contribution >= 0.6 is 12.2 Å². The van der Waals surface area contributed by atoms with Crippen LogP contribution in [0, 0.1) is 17.1 Å². The van der Waals surface area contributed by atoms with E-state index in [0.717, 1.165) is 27.8 Å². The van der Waals surface area contributed by atoms with Crippen LogP contribution < -0.4 is 25.2 Å². The number of aromatic nitrogens is 1. The van der Waals surface area contributed by atoms with E-state index in [1.165, 1.54) is 43.0 Å². The monoisotopic (exact) mass is 870 g/mol. The van der Waals surface area contributed by atoms with E-state index < -0.39 is 46.4 Å². The molecule has 0 saturated carbocycles. The molecule has 0 radical (unpaired) electrons. The number of thiocarbonyl (C=S) groups is 1. The van der Waals surface area contributed by atoms with E-state index in [0.29, 0.717) is 67.6 Å². The van der Waals surface area contributed by atoms with Gasteiger partial charge >= 0.3 is 6.18 Å². The lowest BCUT2D eigenvalue weighted by atomic mass is 9.91. The molecular weight excluding hydrogens is 833 g/mol. The van der Waals surface area contributed by atoms with Gasteiger partial charge in [0.05, 0.1) is 40.7 Å². The van der Waals surface area contributed by atoms with Crippen molar-refractivity contribution >= 4 is 79.8 Å². The predicted molar refractivity (Wildman–Crippen MR) is 223 cm³/mol.